The van der Waals surface area contributed by atoms with E-state index in [0.717, 1.165) is 0 Å². The normalized spacial score (nSPS) is 21.5. The van der Waals surface area contributed by atoms with Gasteiger partial charge in [0.05, 0.1) is 12.8 Å². The van der Waals surface area contributed by atoms with Gasteiger partial charge in [-0.15, -0.1) is 0 Å². The molecule has 0 aliphatic carbocycles. The van der Waals surface area contributed by atoms with Crippen LogP contribution < -0.4 is 0 Å². The first-order valence-corrected chi connectivity index (χ1v) is 8.18. The number of aromatic nitrogens is 1. The van der Waals surface area contributed by atoms with Gasteiger partial charge in [0, 0.05) is 18.5 Å². The molecule has 2 unspecified atom stereocenters. The molecule has 1 aromatic rings. The number of hydrogen-bond acceptors (Lipinski definition) is 6. The van der Waals surface area contributed by atoms with Crippen molar-refractivity contribution in [3.63, 3.8) is 0 Å². The molecule has 1 saturated heterocycles. The van der Waals surface area contributed by atoms with Gasteiger partial charge in [0.15, 0.2) is 5.76 Å². The Balaban J connectivity index is 2.12. The van der Waals surface area contributed by atoms with E-state index in [-0.39, 0.29) is 18.1 Å². The lowest BCUT2D eigenvalue weighted by atomic mass is 9.87. The van der Waals surface area contributed by atoms with Gasteiger partial charge in [-0.3, -0.25) is 0 Å². The number of esters is 1. The largest absolute Gasteiger partial charge is 0.465 e. The number of rotatable bonds is 2. The monoisotopic (exact) mass is 338 g/mol. The van der Waals surface area contributed by atoms with E-state index in [2.05, 4.69) is 5.16 Å². The van der Waals surface area contributed by atoms with Gasteiger partial charge in [0.2, 0.25) is 0 Å². The molecule has 1 aliphatic rings. The molecule has 1 aromatic heterocycles. The first-order valence-electron chi connectivity index (χ1n) is 8.18. The van der Waals surface area contributed by atoms with Crippen LogP contribution in [0.2, 0.25) is 0 Å². The minimum absolute atomic E-state index is 0.0190. The number of amides is 1. The van der Waals surface area contributed by atoms with Crippen LogP contribution in [-0.2, 0) is 9.47 Å². The van der Waals surface area contributed by atoms with Crippen molar-refractivity contribution in [2.24, 2.45) is 0 Å². The molecule has 1 amide bonds. The van der Waals surface area contributed by atoms with Crippen molar-refractivity contribution >= 4 is 12.1 Å². The number of aryl methyl sites for hydroxylation is 1. The van der Waals surface area contributed by atoms with Gasteiger partial charge < -0.3 is 18.9 Å². The van der Waals surface area contributed by atoms with Crippen molar-refractivity contribution in [3.8, 4) is 0 Å². The highest BCUT2D eigenvalue weighted by atomic mass is 16.6. The Morgan fingerprint density at radius 3 is 2.54 bits per heavy atom. The minimum atomic E-state index is -0.520. The second-order valence-electron chi connectivity index (χ2n) is 7.24. The topological polar surface area (TPSA) is 81.9 Å². The number of piperidine rings is 1. The van der Waals surface area contributed by atoms with Gasteiger partial charge in [-0.25, -0.2) is 9.59 Å². The number of methoxy groups -OCH3 is 1. The fourth-order valence-electron chi connectivity index (χ4n) is 3.02. The molecular weight excluding hydrogens is 312 g/mol. The molecule has 134 valence electrons. The number of likely N-dealkylation sites (tertiary alicyclic amines) is 1. The third-order valence-electron chi connectivity index (χ3n) is 4.15. The lowest BCUT2D eigenvalue weighted by Gasteiger charge is -2.37. The van der Waals surface area contributed by atoms with Crippen molar-refractivity contribution in [3.05, 3.63) is 17.0 Å². The molecule has 0 N–H and O–H groups in total. The zero-order chi connectivity index (χ0) is 18.1. The molecule has 0 bridgehead atoms. The highest BCUT2D eigenvalue weighted by molar-refractivity contribution is 5.91. The summed E-state index contributed by atoms with van der Waals surface area (Å²) in [4.78, 5) is 26.0. The molecule has 24 heavy (non-hydrogen) atoms. The fourth-order valence-corrected chi connectivity index (χ4v) is 3.02. The van der Waals surface area contributed by atoms with Crippen molar-refractivity contribution in [2.75, 3.05) is 13.7 Å². The Bertz CT molecular complexity index is 617. The maximum atomic E-state index is 12.3. The van der Waals surface area contributed by atoms with Crippen LogP contribution >= 0.6 is 0 Å². The standard InChI is InChI=1S/C17H26N2O5/c1-10-9-12(7-8-19(10)16(21)23-17(3,4)5)14-13(15(20)22-6)11(2)18-24-14/h10,12H,7-9H2,1-6H3. The maximum absolute atomic E-state index is 12.3. The van der Waals surface area contributed by atoms with Crippen molar-refractivity contribution in [1.29, 1.82) is 0 Å². The summed E-state index contributed by atoms with van der Waals surface area (Å²) < 4.78 is 15.7. The van der Waals surface area contributed by atoms with Crippen molar-refractivity contribution < 1.29 is 23.6 Å². The summed E-state index contributed by atoms with van der Waals surface area (Å²) >= 11 is 0. The van der Waals surface area contributed by atoms with Crippen LogP contribution in [0, 0.1) is 6.92 Å². The number of carbonyl (C=O) groups is 2. The van der Waals surface area contributed by atoms with E-state index in [1.807, 2.05) is 27.7 Å². The van der Waals surface area contributed by atoms with E-state index in [0.29, 0.717) is 36.4 Å². The first-order chi connectivity index (χ1) is 11.1. The van der Waals surface area contributed by atoms with E-state index in [4.69, 9.17) is 14.0 Å². The lowest BCUT2D eigenvalue weighted by Crippen LogP contribution is -2.46. The van der Waals surface area contributed by atoms with Gasteiger partial charge in [-0.1, -0.05) is 5.16 Å². The van der Waals surface area contributed by atoms with Crippen molar-refractivity contribution in [2.45, 2.75) is 65.0 Å². The lowest BCUT2D eigenvalue weighted by molar-refractivity contribution is 0.00936. The van der Waals surface area contributed by atoms with Gasteiger partial charge in [-0.2, -0.15) is 0 Å². The summed E-state index contributed by atoms with van der Waals surface area (Å²) in [6.07, 6.45) is 1.05. The van der Waals surface area contributed by atoms with Crippen LogP contribution in [0.4, 0.5) is 4.79 Å². The van der Waals surface area contributed by atoms with Gasteiger partial charge in [0.1, 0.15) is 11.2 Å². The van der Waals surface area contributed by atoms with E-state index >= 15 is 0 Å². The quantitative estimate of drug-likeness (QED) is 0.770. The van der Waals surface area contributed by atoms with Crippen LogP contribution in [0.5, 0.6) is 0 Å². The molecule has 7 heteroatoms. The molecular formula is C17H26N2O5. The Morgan fingerprint density at radius 2 is 2.00 bits per heavy atom. The van der Waals surface area contributed by atoms with Crippen molar-refractivity contribution in [1.82, 2.24) is 10.1 Å². The number of nitrogens with zero attached hydrogens (tertiary/aromatic N) is 2. The Kier molecular flexibility index (Phi) is 5.20. The van der Waals surface area contributed by atoms with Gasteiger partial charge >= 0.3 is 12.1 Å². The fraction of sp³-hybridized carbons (Fsp3) is 0.706. The summed E-state index contributed by atoms with van der Waals surface area (Å²) in [6, 6.07) is -0.0190. The molecule has 7 nitrogen and oxygen atoms in total. The van der Waals surface area contributed by atoms with Crippen LogP contribution in [0.25, 0.3) is 0 Å². The molecule has 1 fully saturated rings. The predicted octanol–water partition coefficient (Wildman–Crippen LogP) is 3.27. The van der Waals surface area contributed by atoms with Crippen LogP contribution in [0.1, 0.15) is 68.3 Å². The van der Waals surface area contributed by atoms with Gasteiger partial charge in [0.25, 0.3) is 0 Å². The minimum Gasteiger partial charge on any atom is -0.465 e. The summed E-state index contributed by atoms with van der Waals surface area (Å²) in [6.45, 7) is 9.78. The highest BCUT2D eigenvalue weighted by Crippen LogP contribution is 2.35. The molecule has 2 atom stereocenters. The molecule has 0 aromatic carbocycles. The van der Waals surface area contributed by atoms with Crippen LogP contribution in [0.3, 0.4) is 0 Å². The highest BCUT2D eigenvalue weighted by Gasteiger charge is 2.36. The zero-order valence-electron chi connectivity index (χ0n) is 15.2. The Morgan fingerprint density at radius 1 is 1.33 bits per heavy atom. The Hall–Kier alpha value is -2.05. The third-order valence-corrected chi connectivity index (χ3v) is 4.15. The summed E-state index contributed by atoms with van der Waals surface area (Å²) in [5.74, 6) is 0.134. The van der Waals surface area contributed by atoms with E-state index in [9.17, 15) is 9.59 Å². The molecule has 0 spiro atoms. The van der Waals surface area contributed by atoms with E-state index in [1.165, 1.54) is 7.11 Å². The zero-order valence-corrected chi connectivity index (χ0v) is 15.2. The molecule has 2 heterocycles. The van der Waals surface area contributed by atoms with Crippen LogP contribution in [-0.4, -0.2) is 47.4 Å². The molecule has 2 rings (SSSR count). The van der Waals surface area contributed by atoms with Crippen LogP contribution in [0.15, 0.2) is 4.52 Å². The van der Waals surface area contributed by atoms with E-state index < -0.39 is 11.6 Å². The average Bonchev–Trinajstić information content (AvgIpc) is 2.86. The number of carbonyl (C=O) groups excluding carboxylic acids is 2. The second-order valence-corrected chi connectivity index (χ2v) is 7.24. The predicted molar refractivity (Wildman–Crippen MR) is 87.0 cm³/mol. The average molecular weight is 338 g/mol. The second kappa shape index (κ2) is 6.83. The molecule has 0 radical (unpaired) electrons. The SMILES string of the molecule is COC(=O)c1c(C)noc1C1CCN(C(=O)OC(C)(C)C)C(C)C1. The molecule has 0 saturated carbocycles. The smallest absolute Gasteiger partial charge is 0.410 e. The summed E-state index contributed by atoms with van der Waals surface area (Å²) in [5.41, 5.74) is 0.410. The van der Waals surface area contributed by atoms with Gasteiger partial charge in [-0.05, 0) is 47.5 Å². The Labute approximate surface area is 142 Å². The molecule has 1 aliphatic heterocycles. The third kappa shape index (κ3) is 3.88. The number of ether oxygens (including phenoxy) is 2. The van der Waals surface area contributed by atoms with E-state index in [1.54, 1.807) is 11.8 Å². The number of hydrogen-bond donors (Lipinski definition) is 0. The summed E-state index contributed by atoms with van der Waals surface area (Å²) in [5, 5.41) is 3.91. The maximum Gasteiger partial charge on any atom is 0.410 e. The summed E-state index contributed by atoms with van der Waals surface area (Å²) in [7, 11) is 1.34. The first kappa shape index (κ1) is 18.3.